The lowest BCUT2D eigenvalue weighted by Gasteiger charge is -2.14. The molecule has 1 aliphatic rings. The maximum Gasteiger partial charge on any atom is 0.267 e. The number of hydrogen-bond donors (Lipinski definition) is 3. The molecule has 190 valence electrons. The number of benzene rings is 1. The van der Waals surface area contributed by atoms with Crippen LogP contribution in [0.15, 0.2) is 65.6 Å². The first-order valence-electron chi connectivity index (χ1n) is 12.3. The highest BCUT2D eigenvalue weighted by atomic mass is 32.1. The summed E-state index contributed by atoms with van der Waals surface area (Å²) in [6, 6.07) is 15.8. The zero-order valence-corrected chi connectivity index (χ0v) is 21.4. The van der Waals surface area contributed by atoms with Crippen LogP contribution < -0.4 is 21.7 Å². The number of nitrogens with one attached hydrogen (secondary N) is 3. The van der Waals surface area contributed by atoms with E-state index in [1.54, 1.807) is 31.4 Å². The molecule has 4 aromatic heterocycles. The van der Waals surface area contributed by atoms with Crippen LogP contribution in [0.25, 0.3) is 16.7 Å². The van der Waals surface area contributed by atoms with E-state index >= 15 is 0 Å². The molecule has 3 N–H and O–H groups in total. The van der Waals surface area contributed by atoms with Gasteiger partial charge in [-0.05, 0) is 61.6 Å². The van der Waals surface area contributed by atoms with Crippen molar-refractivity contribution in [3.8, 4) is 0 Å². The minimum Gasteiger partial charge on any atom is -0.322 e. The monoisotopic (exact) mass is 524 g/mol. The van der Waals surface area contributed by atoms with Crippen molar-refractivity contribution in [2.45, 2.75) is 25.7 Å². The van der Waals surface area contributed by atoms with Crippen LogP contribution in [0.2, 0.25) is 0 Å². The lowest BCUT2D eigenvalue weighted by Crippen LogP contribution is -2.31. The van der Waals surface area contributed by atoms with Crippen molar-refractivity contribution in [2.75, 3.05) is 10.6 Å². The van der Waals surface area contributed by atoms with Gasteiger partial charge in [0, 0.05) is 23.8 Å². The number of aromatic nitrogens is 3. The van der Waals surface area contributed by atoms with Crippen molar-refractivity contribution in [1.29, 1.82) is 5.41 Å². The molecule has 0 atom stereocenters. The fourth-order valence-electron chi connectivity index (χ4n) is 4.93. The molecule has 0 aliphatic heterocycles. The number of carbonyl (C=O) groups is 2. The third-order valence-electron chi connectivity index (χ3n) is 6.85. The number of anilines is 2. The number of hydrogen-bond acceptors (Lipinski definition) is 6. The molecule has 6 rings (SSSR count). The molecule has 1 aromatic carbocycles. The van der Waals surface area contributed by atoms with Gasteiger partial charge in [-0.25, -0.2) is 4.98 Å². The minimum absolute atomic E-state index is 0.0237. The van der Waals surface area contributed by atoms with Gasteiger partial charge in [0.15, 0.2) is 0 Å². The molecular weight excluding hydrogens is 500 g/mol. The number of rotatable bonds is 4. The van der Waals surface area contributed by atoms with Gasteiger partial charge in [-0.1, -0.05) is 24.3 Å². The fraction of sp³-hybridized carbons (Fsp3) is 0.179. The Morgan fingerprint density at radius 3 is 2.58 bits per heavy atom. The largest absolute Gasteiger partial charge is 0.322 e. The number of pyridine rings is 2. The quantitative estimate of drug-likeness (QED) is 0.306. The Morgan fingerprint density at radius 2 is 1.76 bits per heavy atom. The molecule has 0 radical (unpaired) electrons. The molecule has 5 aromatic rings. The summed E-state index contributed by atoms with van der Waals surface area (Å²) >= 11 is 1.40. The summed E-state index contributed by atoms with van der Waals surface area (Å²) in [5.41, 5.74) is 2.48. The van der Waals surface area contributed by atoms with E-state index in [2.05, 4.69) is 15.6 Å². The Bertz CT molecular complexity index is 1870. The van der Waals surface area contributed by atoms with Gasteiger partial charge < -0.3 is 15.2 Å². The number of amides is 2. The second-order valence-corrected chi connectivity index (χ2v) is 10.3. The van der Waals surface area contributed by atoms with Gasteiger partial charge in [-0.15, -0.1) is 11.3 Å². The predicted octanol–water partition coefficient (Wildman–Crippen LogP) is 4.11. The van der Waals surface area contributed by atoms with Gasteiger partial charge in [0.1, 0.15) is 21.8 Å². The smallest absolute Gasteiger partial charge is 0.267 e. The zero-order valence-electron chi connectivity index (χ0n) is 20.6. The van der Waals surface area contributed by atoms with Crippen LogP contribution in [0.1, 0.15) is 44.0 Å². The lowest BCUT2D eigenvalue weighted by molar-refractivity contribution is 0.102. The van der Waals surface area contributed by atoms with Crippen LogP contribution in [-0.4, -0.2) is 25.8 Å². The molecule has 1 aliphatic carbocycles. The molecule has 38 heavy (non-hydrogen) atoms. The van der Waals surface area contributed by atoms with E-state index in [4.69, 9.17) is 5.41 Å². The average Bonchev–Trinajstić information content (AvgIpc) is 3.29. The van der Waals surface area contributed by atoms with Crippen LogP contribution >= 0.6 is 11.3 Å². The molecule has 2 amide bonds. The molecule has 0 fully saturated rings. The van der Waals surface area contributed by atoms with Crippen molar-refractivity contribution in [1.82, 2.24) is 14.0 Å². The highest BCUT2D eigenvalue weighted by molar-refractivity contribution is 7.17. The third kappa shape index (κ3) is 3.99. The molecule has 0 spiro atoms. The van der Waals surface area contributed by atoms with Gasteiger partial charge in [0.05, 0.1) is 16.5 Å². The highest BCUT2D eigenvalue weighted by Crippen LogP contribution is 2.38. The van der Waals surface area contributed by atoms with Gasteiger partial charge in [-0.2, -0.15) is 0 Å². The number of nitrogens with zero attached hydrogens (tertiary/aromatic N) is 3. The second kappa shape index (κ2) is 9.38. The van der Waals surface area contributed by atoms with E-state index in [-0.39, 0.29) is 27.9 Å². The summed E-state index contributed by atoms with van der Waals surface area (Å²) in [4.78, 5) is 45.8. The topological polar surface area (TPSA) is 121 Å². The molecule has 0 saturated heterocycles. The third-order valence-corrected chi connectivity index (χ3v) is 8.05. The number of fused-ring (bicyclic) bond motifs is 3. The molecule has 10 heteroatoms. The minimum atomic E-state index is -0.558. The molecule has 0 saturated carbocycles. The van der Waals surface area contributed by atoms with Crippen molar-refractivity contribution in [3.63, 3.8) is 0 Å². The Balaban J connectivity index is 1.42. The molecule has 9 nitrogen and oxygen atoms in total. The van der Waals surface area contributed by atoms with Crippen LogP contribution in [0.5, 0.6) is 0 Å². The van der Waals surface area contributed by atoms with E-state index in [0.717, 1.165) is 36.1 Å². The van der Waals surface area contributed by atoms with Crippen molar-refractivity contribution < 1.29 is 9.59 Å². The maximum atomic E-state index is 13.6. The standard InChI is InChI=1S/C28H24N6O3S/c1-33-23(29)18(15-19-24(33)31-21-13-7-8-14-34(21)28(19)37)25(35)32-27-22(17-11-5-6-12-20(17)38-27)26(36)30-16-9-3-2-4-10-16/h2-4,7-10,13-15,29H,5-6,11-12H2,1H3,(H,30,36)(H,32,35). The van der Waals surface area contributed by atoms with E-state index in [1.807, 2.05) is 30.3 Å². The summed E-state index contributed by atoms with van der Waals surface area (Å²) in [7, 11) is 1.61. The van der Waals surface area contributed by atoms with Crippen LogP contribution in [0, 0.1) is 5.41 Å². The first-order chi connectivity index (χ1) is 18.4. The normalized spacial score (nSPS) is 12.9. The average molecular weight is 525 g/mol. The number of carbonyl (C=O) groups excluding carboxylic acids is 2. The fourth-order valence-corrected chi connectivity index (χ4v) is 6.21. The molecule has 0 bridgehead atoms. The molecular formula is C28H24N6O3S. The number of para-hydroxylation sites is 1. The predicted molar refractivity (Wildman–Crippen MR) is 147 cm³/mol. The van der Waals surface area contributed by atoms with Crippen molar-refractivity contribution >= 4 is 50.5 Å². The Labute approximate surface area is 220 Å². The van der Waals surface area contributed by atoms with Crippen molar-refractivity contribution in [3.05, 3.63) is 98.2 Å². The highest BCUT2D eigenvalue weighted by Gasteiger charge is 2.27. The van der Waals surface area contributed by atoms with E-state index in [0.29, 0.717) is 27.5 Å². The number of thiophene rings is 1. The van der Waals surface area contributed by atoms with Gasteiger partial charge in [0.2, 0.25) is 0 Å². The Kier molecular flexibility index (Phi) is 5.88. The summed E-state index contributed by atoms with van der Waals surface area (Å²) < 4.78 is 2.84. The van der Waals surface area contributed by atoms with Gasteiger partial charge >= 0.3 is 0 Å². The van der Waals surface area contributed by atoms with Gasteiger partial charge in [0.25, 0.3) is 17.4 Å². The Hall–Kier alpha value is -4.57. The van der Waals surface area contributed by atoms with Crippen LogP contribution in [-0.2, 0) is 19.9 Å². The second-order valence-electron chi connectivity index (χ2n) is 9.24. The Morgan fingerprint density at radius 1 is 1.00 bits per heavy atom. The van der Waals surface area contributed by atoms with E-state index in [9.17, 15) is 14.4 Å². The first kappa shape index (κ1) is 23.8. The lowest BCUT2D eigenvalue weighted by atomic mass is 9.95. The molecule has 4 heterocycles. The first-order valence-corrected chi connectivity index (χ1v) is 13.1. The number of aryl methyl sites for hydroxylation is 2. The summed E-state index contributed by atoms with van der Waals surface area (Å²) in [5, 5.41) is 15.2. The SMILES string of the molecule is Cn1c(=N)c(C(=O)Nc2sc3c(c2C(=O)Nc2ccccc2)CCCC3)cc2c(=O)n3ccccc3nc21. The van der Waals surface area contributed by atoms with E-state index in [1.165, 1.54) is 26.4 Å². The summed E-state index contributed by atoms with van der Waals surface area (Å²) in [6.07, 6.45) is 5.25. The summed E-state index contributed by atoms with van der Waals surface area (Å²) in [6.45, 7) is 0. The van der Waals surface area contributed by atoms with Gasteiger partial charge in [-0.3, -0.25) is 24.2 Å². The summed E-state index contributed by atoms with van der Waals surface area (Å²) in [5.74, 6) is -0.840. The van der Waals surface area contributed by atoms with Crippen LogP contribution in [0.3, 0.4) is 0 Å². The van der Waals surface area contributed by atoms with E-state index < -0.39 is 5.91 Å². The molecule has 0 unspecified atom stereocenters. The van der Waals surface area contributed by atoms with Crippen LogP contribution in [0.4, 0.5) is 10.7 Å². The maximum absolute atomic E-state index is 13.6. The van der Waals surface area contributed by atoms with Crippen molar-refractivity contribution in [2.24, 2.45) is 7.05 Å². The zero-order chi connectivity index (χ0) is 26.4.